The van der Waals surface area contributed by atoms with Crippen molar-refractivity contribution in [2.75, 3.05) is 26.3 Å². The molecule has 2 fully saturated rings. The number of ether oxygens (including phenoxy) is 1. The summed E-state index contributed by atoms with van der Waals surface area (Å²) in [6, 6.07) is 0.210. The molecule has 1 unspecified atom stereocenters. The van der Waals surface area contributed by atoms with Gasteiger partial charge in [-0.25, -0.2) is 0 Å². The third-order valence-corrected chi connectivity index (χ3v) is 3.26. The van der Waals surface area contributed by atoms with E-state index in [-0.39, 0.29) is 6.04 Å². The molecule has 80 valence electrons. The third-order valence-electron chi connectivity index (χ3n) is 3.26. The van der Waals surface area contributed by atoms with Crippen LogP contribution < -0.4 is 0 Å². The number of morpholine rings is 1. The van der Waals surface area contributed by atoms with Crippen LogP contribution in [0.5, 0.6) is 0 Å². The van der Waals surface area contributed by atoms with Crippen molar-refractivity contribution in [2.45, 2.75) is 38.1 Å². The molecule has 0 aromatic heterocycles. The molecular weight excluding hydrogens is 178 g/mol. The van der Waals surface area contributed by atoms with E-state index < -0.39 is 0 Å². The first-order chi connectivity index (χ1) is 6.88. The summed E-state index contributed by atoms with van der Waals surface area (Å²) in [4.78, 5) is 14.1. The van der Waals surface area contributed by atoms with E-state index in [4.69, 9.17) is 4.74 Å². The maximum Gasteiger partial charge on any atom is 0.149 e. The summed E-state index contributed by atoms with van der Waals surface area (Å²) in [5.74, 6) is 0.462. The molecule has 0 aromatic carbocycles. The van der Waals surface area contributed by atoms with Gasteiger partial charge in [-0.1, -0.05) is 12.8 Å². The summed E-state index contributed by atoms with van der Waals surface area (Å²) in [5, 5.41) is 0. The molecule has 0 spiro atoms. The molecular formula is C11H19NO2. The fourth-order valence-electron chi connectivity index (χ4n) is 2.42. The normalized spacial score (nSPS) is 31.4. The first-order valence-electron chi connectivity index (χ1n) is 5.72. The highest BCUT2D eigenvalue weighted by molar-refractivity contribution is 5.84. The van der Waals surface area contributed by atoms with E-state index in [2.05, 4.69) is 4.90 Å². The summed E-state index contributed by atoms with van der Waals surface area (Å²) in [6.07, 6.45) is 5.40. The Kier molecular flexibility index (Phi) is 3.54. The minimum Gasteiger partial charge on any atom is -0.379 e. The van der Waals surface area contributed by atoms with Crippen LogP contribution in [0.15, 0.2) is 0 Å². The zero-order valence-electron chi connectivity index (χ0n) is 8.71. The quantitative estimate of drug-likeness (QED) is 0.592. The molecule has 1 heterocycles. The molecule has 1 aliphatic carbocycles. The van der Waals surface area contributed by atoms with Gasteiger partial charge in [0.2, 0.25) is 0 Å². The lowest BCUT2D eigenvalue weighted by Crippen LogP contribution is -2.46. The van der Waals surface area contributed by atoms with Gasteiger partial charge in [-0.15, -0.1) is 0 Å². The fourth-order valence-corrected chi connectivity index (χ4v) is 2.42. The molecule has 3 heteroatoms. The van der Waals surface area contributed by atoms with E-state index in [1.807, 2.05) is 0 Å². The second-order valence-corrected chi connectivity index (χ2v) is 4.23. The number of hydrogen-bond donors (Lipinski definition) is 0. The van der Waals surface area contributed by atoms with Gasteiger partial charge < -0.3 is 4.74 Å². The van der Waals surface area contributed by atoms with E-state index in [0.29, 0.717) is 5.78 Å². The summed E-state index contributed by atoms with van der Waals surface area (Å²) < 4.78 is 5.30. The summed E-state index contributed by atoms with van der Waals surface area (Å²) in [7, 11) is 0. The first-order valence-corrected chi connectivity index (χ1v) is 5.72. The number of Topliss-reactive ketones (excluding diaryl/α,β-unsaturated/α-hetero) is 1. The summed E-state index contributed by atoms with van der Waals surface area (Å²) in [5.41, 5.74) is 0. The van der Waals surface area contributed by atoms with Crippen LogP contribution in [-0.2, 0) is 9.53 Å². The van der Waals surface area contributed by atoms with Gasteiger partial charge in [-0.05, 0) is 12.8 Å². The van der Waals surface area contributed by atoms with Crippen molar-refractivity contribution in [2.24, 2.45) is 0 Å². The topological polar surface area (TPSA) is 29.5 Å². The lowest BCUT2D eigenvalue weighted by molar-refractivity contribution is -0.125. The van der Waals surface area contributed by atoms with Crippen LogP contribution >= 0.6 is 0 Å². The Bertz CT molecular complexity index is 199. The van der Waals surface area contributed by atoms with Gasteiger partial charge in [-0.3, -0.25) is 9.69 Å². The molecule has 2 rings (SSSR count). The molecule has 1 saturated heterocycles. The minimum atomic E-state index is 0.210. The summed E-state index contributed by atoms with van der Waals surface area (Å²) in [6.45, 7) is 3.47. The van der Waals surface area contributed by atoms with Gasteiger partial charge in [0.15, 0.2) is 0 Å². The monoisotopic (exact) mass is 197 g/mol. The number of nitrogens with zero attached hydrogens (tertiary/aromatic N) is 1. The maximum absolute atomic E-state index is 11.8. The van der Waals surface area contributed by atoms with Crippen molar-refractivity contribution in [3.63, 3.8) is 0 Å². The third kappa shape index (κ3) is 2.34. The van der Waals surface area contributed by atoms with Crippen LogP contribution in [0.3, 0.4) is 0 Å². The Hall–Kier alpha value is -0.410. The Morgan fingerprint density at radius 1 is 1.14 bits per heavy atom. The van der Waals surface area contributed by atoms with E-state index in [1.54, 1.807) is 0 Å². The van der Waals surface area contributed by atoms with Gasteiger partial charge in [0.1, 0.15) is 5.78 Å². The van der Waals surface area contributed by atoms with Gasteiger partial charge >= 0.3 is 0 Å². The van der Waals surface area contributed by atoms with Crippen molar-refractivity contribution in [1.82, 2.24) is 4.90 Å². The van der Waals surface area contributed by atoms with Gasteiger partial charge in [0.05, 0.1) is 19.3 Å². The SMILES string of the molecule is O=C1CCCCCC1N1CCOCC1. The van der Waals surface area contributed by atoms with E-state index >= 15 is 0 Å². The number of hydrogen-bond acceptors (Lipinski definition) is 3. The molecule has 14 heavy (non-hydrogen) atoms. The van der Waals surface area contributed by atoms with Gasteiger partial charge in [0, 0.05) is 19.5 Å². The molecule has 0 bridgehead atoms. The fraction of sp³-hybridized carbons (Fsp3) is 0.909. The van der Waals surface area contributed by atoms with Crippen LogP contribution in [0.2, 0.25) is 0 Å². The number of ketones is 1. The molecule has 1 saturated carbocycles. The average molecular weight is 197 g/mol. The molecule has 0 N–H and O–H groups in total. The molecule has 0 amide bonds. The second kappa shape index (κ2) is 4.89. The lowest BCUT2D eigenvalue weighted by atomic mass is 10.1. The molecule has 0 aromatic rings. The zero-order valence-corrected chi connectivity index (χ0v) is 8.71. The van der Waals surface area contributed by atoms with Crippen molar-refractivity contribution >= 4 is 5.78 Å². The van der Waals surface area contributed by atoms with Gasteiger partial charge in [0.25, 0.3) is 0 Å². The predicted molar refractivity (Wildman–Crippen MR) is 54.3 cm³/mol. The standard InChI is InChI=1S/C11H19NO2/c13-11-5-3-1-2-4-10(11)12-6-8-14-9-7-12/h10H,1-9H2. The molecule has 3 nitrogen and oxygen atoms in total. The van der Waals surface area contributed by atoms with Crippen molar-refractivity contribution < 1.29 is 9.53 Å². The van der Waals surface area contributed by atoms with E-state index in [9.17, 15) is 4.79 Å². The largest absolute Gasteiger partial charge is 0.379 e. The molecule has 1 aliphatic heterocycles. The predicted octanol–water partition coefficient (Wildman–Crippen LogP) is 1.22. The van der Waals surface area contributed by atoms with Crippen LogP contribution in [0.4, 0.5) is 0 Å². The average Bonchev–Trinajstić information content (AvgIpc) is 2.44. The highest BCUT2D eigenvalue weighted by atomic mass is 16.5. The van der Waals surface area contributed by atoms with Gasteiger partial charge in [-0.2, -0.15) is 0 Å². The number of rotatable bonds is 1. The highest BCUT2D eigenvalue weighted by Gasteiger charge is 2.27. The number of carbonyl (C=O) groups is 1. The van der Waals surface area contributed by atoms with Crippen molar-refractivity contribution in [3.8, 4) is 0 Å². The van der Waals surface area contributed by atoms with Crippen LogP contribution in [0.25, 0.3) is 0 Å². The van der Waals surface area contributed by atoms with Crippen molar-refractivity contribution in [1.29, 1.82) is 0 Å². The molecule has 1 atom stereocenters. The second-order valence-electron chi connectivity index (χ2n) is 4.23. The van der Waals surface area contributed by atoms with Crippen LogP contribution in [-0.4, -0.2) is 43.0 Å². The van der Waals surface area contributed by atoms with Crippen molar-refractivity contribution in [3.05, 3.63) is 0 Å². The maximum atomic E-state index is 11.8. The van der Waals surface area contributed by atoms with Crippen LogP contribution in [0, 0.1) is 0 Å². The Morgan fingerprint density at radius 3 is 2.71 bits per heavy atom. The zero-order chi connectivity index (χ0) is 9.80. The Morgan fingerprint density at radius 2 is 1.93 bits per heavy atom. The Labute approximate surface area is 85.4 Å². The summed E-state index contributed by atoms with van der Waals surface area (Å²) >= 11 is 0. The first kappa shape index (κ1) is 10.1. The smallest absolute Gasteiger partial charge is 0.149 e. The number of carbonyl (C=O) groups excluding carboxylic acids is 1. The highest BCUT2D eigenvalue weighted by Crippen LogP contribution is 2.19. The van der Waals surface area contributed by atoms with Crippen LogP contribution in [0.1, 0.15) is 32.1 Å². The minimum absolute atomic E-state index is 0.210. The molecule has 0 radical (unpaired) electrons. The lowest BCUT2D eigenvalue weighted by Gasteiger charge is -2.32. The van der Waals surface area contributed by atoms with E-state index in [0.717, 1.165) is 45.6 Å². The molecule has 2 aliphatic rings. The Balaban J connectivity index is 1.95. The van der Waals surface area contributed by atoms with E-state index in [1.165, 1.54) is 12.8 Å².